The smallest absolute Gasteiger partial charge is 0.0974 e. The van der Waals surface area contributed by atoms with E-state index < -0.39 is 0 Å². The third-order valence-corrected chi connectivity index (χ3v) is 1.32. The Morgan fingerprint density at radius 2 is 2.55 bits per heavy atom. The fourth-order valence-electron chi connectivity index (χ4n) is 0.668. The van der Waals surface area contributed by atoms with Crippen LogP contribution in [0.1, 0.15) is 12.5 Å². The predicted molar refractivity (Wildman–Crippen MR) is 42.1 cm³/mol. The highest BCUT2D eigenvalue weighted by atomic mass is 16.5. The summed E-state index contributed by atoms with van der Waals surface area (Å²) in [6.45, 7) is 1.84. The number of hydroxylamine groups is 1. The highest BCUT2D eigenvalue weighted by Gasteiger charge is 1.91. The fourth-order valence-corrected chi connectivity index (χ4v) is 0.668. The molecule has 0 amide bonds. The second-order valence-corrected chi connectivity index (χ2v) is 2.33. The number of nitrogens with one attached hydrogen (secondary N) is 1. The summed E-state index contributed by atoms with van der Waals surface area (Å²) in [5.74, 6) is 0. The monoisotopic (exact) mass is 153 g/mol. The van der Waals surface area contributed by atoms with Gasteiger partial charge < -0.3 is 9.62 Å². The lowest BCUT2D eigenvalue weighted by molar-refractivity contribution is 0.150. The minimum atomic E-state index is -0.0371. The van der Waals surface area contributed by atoms with Gasteiger partial charge in [-0.05, 0) is 13.0 Å². The van der Waals surface area contributed by atoms with Gasteiger partial charge >= 0.3 is 0 Å². The standard InChI is InChI=1S/C8H11NO2/c1-7(9-10)2-3-8-4-5-11-6-8/h2-7,9-10H,1H3/b3-2+. The third-order valence-electron chi connectivity index (χ3n) is 1.32. The van der Waals surface area contributed by atoms with Crippen LogP contribution in [0.4, 0.5) is 0 Å². The first-order valence-corrected chi connectivity index (χ1v) is 3.43. The summed E-state index contributed by atoms with van der Waals surface area (Å²) in [4.78, 5) is 0. The fraction of sp³-hybridized carbons (Fsp3) is 0.250. The summed E-state index contributed by atoms with van der Waals surface area (Å²) >= 11 is 0. The van der Waals surface area contributed by atoms with Crippen molar-refractivity contribution in [2.24, 2.45) is 0 Å². The maximum atomic E-state index is 8.44. The molecule has 0 bridgehead atoms. The molecule has 1 atom stereocenters. The molecule has 3 heteroatoms. The van der Waals surface area contributed by atoms with Gasteiger partial charge in [-0.2, -0.15) is 5.48 Å². The number of hydrogen-bond acceptors (Lipinski definition) is 3. The van der Waals surface area contributed by atoms with Gasteiger partial charge in [0, 0.05) is 11.6 Å². The maximum absolute atomic E-state index is 8.44. The van der Waals surface area contributed by atoms with Crippen molar-refractivity contribution < 1.29 is 9.62 Å². The van der Waals surface area contributed by atoms with Crippen LogP contribution in [0.15, 0.2) is 29.1 Å². The normalized spacial score (nSPS) is 14.0. The molecule has 11 heavy (non-hydrogen) atoms. The van der Waals surface area contributed by atoms with E-state index in [4.69, 9.17) is 9.62 Å². The Kier molecular flexibility index (Phi) is 2.89. The summed E-state index contributed by atoms with van der Waals surface area (Å²) in [5, 5.41) is 8.44. The van der Waals surface area contributed by atoms with E-state index in [1.807, 2.05) is 25.1 Å². The molecule has 0 saturated heterocycles. The van der Waals surface area contributed by atoms with E-state index in [0.29, 0.717) is 0 Å². The Labute approximate surface area is 65.3 Å². The van der Waals surface area contributed by atoms with Crippen LogP contribution in [-0.4, -0.2) is 11.2 Å². The molecule has 1 heterocycles. The minimum absolute atomic E-state index is 0.0371. The van der Waals surface area contributed by atoms with Crippen LogP contribution in [0.25, 0.3) is 6.08 Å². The molecule has 3 nitrogen and oxygen atoms in total. The molecule has 1 unspecified atom stereocenters. The van der Waals surface area contributed by atoms with Gasteiger partial charge in [-0.3, -0.25) is 0 Å². The molecule has 0 saturated carbocycles. The SMILES string of the molecule is CC(/C=C/c1ccoc1)NO. The predicted octanol–water partition coefficient (Wildman–Crippen LogP) is 1.66. The van der Waals surface area contributed by atoms with Gasteiger partial charge in [0.25, 0.3) is 0 Å². The molecule has 1 rings (SSSR count). The lowest BCUT2D eigenvalue weighted by atomic mass is 10.2. The van der Waals surface area contributed by atoms with Crippen molar-refractivity contribution in [2.45, 2.75) is 13.0 Å². The summed E-state index contributed by atoms with van der Waals surface area (Å²) in [6, 6.07) is 1.81. The summed E-state index contributed by atoms with van der Waals surface area (Å²) in [6.07, 6.45) is 6.96. The Morgan fingerprint density at radius 1 is 1.73 bits per heavy atom. The van der Waals surface area contributed by atoms with Gasteiger partial charge in [0.2, 0.25) is 0 Å². The largest absolute Gasteiger partial charge is 0.472 e. The molecule has 1 aromatic rings. The Hall–Kier alpha value is -1.06. The molecular weight excluding hydrogens is 142 g/mol. The molecule has 2 N–H and O–H groups in total. The Morgan fingerprint density at radius 3 is 3.09 bits per heavy atom. The minimum Gasteiger partial charge on any atom is -0.472 e. The van der Waals surface area contributed by atoms with Gasteiger partial charge in [-0.15, -0.1) is 0 Å². The second-order valence-electron chi connectivity index (χ2n) is 2.33. The number of hydrogen-bond donors (Lipinski definition) is 2. The van der Waals surface area contributed by atoms with Gasteiger partial charge in [-0.1, -0.05) is 12.2 Å². The van der Waals surface area contributed by atoms with Gasteiger partial charge in [0.05, 0.1) is 12.5 Å². The van der Waals surface area contributed by atoms with Crippen molar-refractivity contribution in [1.29, 1.82) is 0 Å². The Bertz CT molecular complexity index is 216. The topological polar surface area (TPSA) is 45.4 Å². The average Bonchev–Trinajstić information content (AvgIpc) is 2.52. The van der Waals surface area contributed by atoms with E-state index in [0.717, 1.165) is 5.56 Å². The zero-order valence-electron chi connectivity index (χ0n) is 6.32. The van der Waals surface area contributed by atoms with E-state index in [1.54, 1.807) is 12.5 Å². The van der Waals surface area contributed by atoms with Crippen molar-refractivity contribution in [2.75, 3.05) is 0 Å². The van der Waals surface area contributed by atoms with E-state index in [9.17, 15) is 0 Å². The molecule has 60 valence electrons. The zero-order valence-corrected chi connectivity index (χ0v) is 6.32. The average molecular weight is 153 g/mol. The highest BCUT2D eigenvalue weighted by Crippen LogP contribution is 2.02. The molecule has 0 spiro atoms. The molecule has 0 radical (unpaired) electrons. The molecule has 0 aliphatic carbocycles. The van der Waals surface area contributed by atoms with Crippen LogP contribution in [0.5, 0.6) is 0 Å². The van der Waals surface area contributed by atoms with E-state index in [1.165, 1.54) is 0 Å². The molecule has 0 aliphatic rings. The molecule has 0 fully saturated rings. The van der Waals surface area contributed by atoms with Gasteiger partial charge in [0.15, 0.2) is 0 Å². The summed E-state index contributed by atoms with van der Waals surface area (Å²) < 4.78 is 4.85. The first-order valence-electron chi connectivity index (χ1n) is 3.43. The van der Waals surface area contributed by atoms with Crippen LogP contribution in [0.3, 0.4) is 0 Å². The zero-order chi connectivity index (χ0) is 8.10. The van der Waals surface area contributed by atoms with Crippen molar-refractivity contribution >= 4 is 6.08 Å². The molecule has 0 aromatic carbocycles. The highest BCUT2D eigenvalue weighted by molar-refractivity contribution is 5.47. The number of rotatable bonds is 3. The quantitative estimate of drug-likeness (QED) is 0.649. The molecule has 1 aromatic heterocycles. The molecular formula is C8H11NO2. The first-order chi connectivity index (χ1) is 5.33. The van der Waals surface area contributed by atoms with E-state index in [-0.39, 0.29) is 6.04 Å². The van der Waals surface area contributed by atoms with Gasteiger partial charge in [0.1, 0.15) is 0 Å². The van der Waals surface area contributed by atoms with Crippen LogP contribution in [-0.2, 0) is 0 Å². The Balaban J connectivity index is 2.48. The van der Waals surface area contributed by atoms with Crippen molar-refractivity contribution in [3.63, 3.8) is 0 Å². The lowest BCUT2D eigenvalue weighted by Crippen LogP contribution is -2.18. The lowest BCUT2D eigenvalue weighted by Gasteiger charge is -1.99. The summed E-state index contributed by atoms with van der Waals surface area (Å²) in [5.41, 5.74) is 3.10. The second kappa shape index (κ2) is 3.95. The summed E-state index contributed by atoms with van der Waals surface area (Å²) in [7, 11) is 0. The van der Waals surface area contributed by atoms with Crippen LogP contribution in [0.2, 0.25) is 0 Å². The van der Waals surface area contributed by atoms with E-state index in [2.05, 4.69) is 5.48 Å². The first kappa shape index (κ1) is 8.04. The van der Waals surface area contributed by atoms with Crippen molar-refractivity contribution in [3.05, 3.63) is 30.2 Å². The molecule has 0 aliphatic heterocycles. The van der Waals surface area contributed by atoms with Crippen LogP contribution >= 0.6 is 0 Å². The van der Waals surface area contributed by atoms with Gasteiger partial charge in [-0.25, -0.2) is 0 Å². The number of furan rings is 1. The van der Waals surface area contributed by atoms with Crippen LogP contribution < -0.4 is 5.48 Å². The maximum Gasteiger partial charge on any atom is 0.0974 e. The van der Waals surface area contributed by atoms with Crippen molar-refractivity contribution in [3.8, 4) is 0 Å². The third kappa shape index (κ3) is 2.57. The van der Waals surface area contributed by atoms with E-state index >= 15 is 0 Å². The van der Waals surface area contributed by atoms with Crippen molar-refractivity contribution in [1.82, 2.24) is 5.48 Å². The van der Waals surface area contributed by atoms with Crippen LogP contribution in [0, 0.1) is 0 Å².